The van der Waals surface area contributed by atoms with E-state index in [4.69, 9.17) is 4.98 Å². The van der Waals surface area contributed by atoms with Gasteiger partial charge in [-0.15, -0.1) is 10.2 Å². The van der Waals surface area contributed by atoms with E-state index in [0.29, 0.717) is 5.56 Å². The van der Waals surface area contributed by atoms with Gasteiger partial charge in [-0.05, 0) is 76.6 Å². The quantitative estimate of drug-likeness (QED) is 0.252. The zero-order chi connectivity index (χ0) is 30.5. The maximum atomic E-state index is 12.7. The van der Waals surface area contributed by atoms with E-state index in [1.807, 2.05) is 24.4 Å². The number of fused-ring (bicyclic) bond motifs is 3. The topological polar surface area (TPSA) is 161 Å². The lowest BCUT2D eigenvalue weighted by molar-refractivity contribution is -0.153. The summed E-state index contributed by atoms with van der Waals surface area (Å²) in [6.07, 6.45) is 5.30. The molecule has 222 valence electrons. The minimum Gasteiger partial charge on any atom is -0.480 e. The second-order valence-electron chi connectivity index (χ2n) is 12.1. The van der Waals surface area contributed by atoms with Gasteiger partial charge >= 0.3 is 5.97 Å². The number of hydrogen-bond acceptors (Lipinski definition) is 10. The van der Waals surface area contributed by atoms with Crippen LogP contribution in [0.25, 0.3) is 27.5 Å². The van der Waals surface area contributed by atoms with Crippen molar-refractivity contribution in [3.63, 3.8) is 0 Å². The molecule has 13 heteroatoms. The number of amides is 1. The molecule has 5 heterocycles. The maximum Gasteiger partial charge on any atom is 0.318 e. The Hall–Kier alpha value is -4.57. The van der Waals surface area contributed by atoms with Crippen molar-refractivity contribution in [3.8, 4) is 28.0 Å². The SMILES string of the molecule is CC(C)Nc1cc(-c2ccc3cc(C#N)cnn23)ncc1-c1nnc(N2C[C@H]3CC[C@@H](C2)C3NC(=O)C(C)(C)C(=O)O)s1. The fourth-order valence-electron chi connectivity index (χ4n) is 5.95. The molecule has 2 bridgehead atoms. The number of aliphatic carboxylic acids is 1. The Morgan fingerprint density at radius 1 is 1.14 bits per heavy atom. The van der Waals surface area contributed by atoms with Crippen LogP contribution in [0.5, 0.6) is 0 Å². The number of carbonyl (C=O) groups is 2. The molecule has 1 amide bonds. The van der Waals surface area contributed by atoms with Crippen LogP contribution >= 0.6 is 11.3 Å². The first-order valence-corrected chi connectivity index (χ1v) is 15.1. The van der Waals surface area contributed by atoms with Crippen molar-refractivity contribution in [2.75, 3.05) is 23.3 Å². The van der Waals surface area contributed by atoms with Gasteiger partial charge in [-0.3, -0.25) is 14.6 Å². The standard InChI is InChI=1S/C30H33N9O3S/c1-16(2)34-22-10-23(24-8-7-20-9-17(11-31)12-33-39(20)24)32-13-21(22)26-36-37-29(43-26)38-14-18-5-6-19(15-38)25(18)35-27(40)30(3,4)28(41)42/h7-10,12-13,16,18-19,25H,5-6,14-15H2,1-4H3,(H,32,34)(H,35,40)(H,41,42)/t18-,19+,25?. The number of pyridine rings is 1. The number of nitrogens with one attached hydrogen (secondary N) is 2. The third-order valence-corrected chi connectivity index (χ3v) is 9.41. The number of carbonyl (C=O) groups excluding carboxylic acids is 1. The average Bonchev–Trinajstić information content (AvgIpc) is 3.68. The molecular weight excluding hydrogens is 566 g/mol. The van der Waals surface area contributed by atoms with E-state index in [2.05, 4.69) is 50.7 Å². The molecule has 1 aliphatic carbocycles. The molecule has 4 aromatic heterocycles. The van der Waals surface area contributed by atoms with Gasteiger partial charge in [-0.25, -0.2) is 4.52 Å². The number of nitrogens with zero attached hydrogens (tertiary/aromatic N) is 7. The summed E-state index contributed by atoms with van der Waals surface area (Å²) in [5.41, 5.74) is 3.13. The summed E-state index contributed by atoms with van der Waals surface area (Å²) in [5, 5.41) is 40.3. The van der Waals surface area contributed by atoms with Gasteiger partial charge in [0, 0.05) is 37.1 Å². The Kier molecular flexibility index (Phi) is 7.25. The predicted octanol–water partition coefficient (Wildman–Crippen LogP) is 4.05. The van der Waals surface area contributed by atoms with E-state index in [0.717, 1.165) is 64.2 Å². The molecule has 2 fully saturated rings. The third kappa shape index (κ3) is 5.27. The minimum atomic E-state index is -1.47. The average molecular weight is 600 g/mol. The van der Waals surface area contributed by atoms with Crippen LogP contribution < -0.4 is 15.5 Å². The van der Waals surface area contributed by atoms with Crippen molar-refractivity contribution in [2.45, 2.75) is 52.6 Å². The van der Waals surface area contributed by atoms with Crippen LogP contribution in [0.15, 0.2) is 36.7 Å². The number of aromatic nitrogens is 5. The van der Waals surface area contributed by atoms with Crippen LogP contribution in [0.4, 0.5) is 10.8 Å². The van der Waals surface area contributed by atoms with Crippen LogP contribution in [0.3, 0.4) is 0 Å². The molecule has 3 atom stereocenters. The molecule has 12 nitrogen and oxygen atoms in total. The molecule has 43 heavy (non-hydrogen) atoms. The van der Waals surface area contributed by atoms with Crippen molar-refractivity contribution >= 4 is 39.5 Å². The van der Waals surface area contributed by atoms with Crippen LogP contribution in [0, 0.1) is 28.6 Å². The van der Waals surface area contributed by atoms with Gasteiger partial charge in [-0.2, -0.15) is 10.4 Å². The Balaban J connectivity index is 1.23. The second-order valence-corrected chi connectivity index (χ2v) is 13.1. The molecule has 1 unspecified atom stereocenters. The fourth-order valence-corrected chi connectivity index (χ4v) is 6.83. The highest BCUT2D eigenvalue weighted by molar-refractivity contribution is 7.18. The van der Waals surface area contributed by atoms with Crippen LogP contribution in [-0.2, 0) is 9.59 Å². The summed E-state index contributed by atoms with van der Waals surface area (Å²) in [5.74, 6) is -1.13. The number of anilines is 2. The summed E-state index contributed by atoms with van der Waals surface area (Å²) in [4.78, 5) is 31.3. The Morgan fingerprint density at radius 3 is 2.56 bits per heavy atom. The first-order valence-electron chi connectivity index (χ1n) is 14.3. The smallest absolute Gasteiger partial charge is 0.318 e. The summed E-state index contributed by atoms with van der Waals surface area (Å²) >= 11 is 1.51. The van der Waals surface area contributed by atoms with Crippen LogP contribution in [0.1, 0.15) is 46.1 Å². The molecule has 1 aliphatic heterocycles. The third-order valence-electron chi connectivity index (χ3n) is 8.39. The Bertz CT molecular complexity index is 1740. The Labute approximate surface area is 252 Å². The lowest BCUT2D eigenvalue weighted by Gasteiger charge is -2.39. The van der Waals surface area contributed by atoms with Gasteiger partial charge in [0.25, 0.3) is 0 Å². The summed E-state index contributed by atoms with van der Waals surface area (Å²) < 4.78 is 1.77. The second kappa shape index (κ2) is 10.9. The first kappa shape index (κ1) is 28.5. The summed E-state index contributed by atoms with van der Waals surface area (Å²) in [7, 11) is 0. The van der Waals surface area contributed by atoms with Crippen LogP contribution in [0.2, 0.25) is 0 Å². The van der Waals surface area contributed by atoms with Crippen molar-refractivity contribution < 1.29 is 14.7 Å². The van der Waals surface area contributed by atoms with Gasteiger partial charge in [0.05, 0.1) is 34.2 Å². The van der Waals surface area contributed by atoms with Crippen molar-refractivity contribution in [3.05, 3.63) is 42.2 Å². The lowest BCUT2D eigenvalue weighted by Crippen LogP contribution is -2.56. The minimum absolute atomic E-state index is 0.0422. The summed E-state index contributed by atoms with van der Waals surface area (Å²) in [6, 6.07) is 9.89. The molecule has 0 radical (unpaired) electrons. The highest BCUT2D eigenvalue weighted by Crippen LogP contribution is 2.42. The first-order chi connectivity index (χ1) is 20.5. The highest BCUT2D eigenvalue weighted by Gasteiger charge is 2.46. The van der Waals surface area contributed by atoms with E-state index >= 15 is 0 Å². The molecule has 2 aliphatic rings. The van der Waals surface area contributed by atoms with Crippen molar-refractivity contribution in [2.24, 2.45) is 17.3 Å². The number of hydrogen-bond donors (Lipinski definition) is 3. The molecular formula is C30H33N9O3S. The molecule has 3 N–H and O–H groups in total. The van der Waals surface area contributed by atoms with E-state index < -0.39 is 17.3 Å². The molecule has 4 aromatic rings. The number of nitriles is 1. The number of piperidine rings is 1. The Morgan fingerprint density at radius 2 is 1.88 bits per heavy atom. The molecule has 1 saturated heterocycles. The maximum absolute atomic E-state index is 12.7. The monoisotopic (exact) mass is 599 g/mol. The zero-order valence-corrected chi connectivity index (χ0v) is 25.2. The van der Waals surface area contributed by atoms with E-state index in [-0.39, 0.29) is 23.9 Å². The van der Waals surface area contributed by atoms with E-state index in [1.165, 1.54) is 25.2 Å². The normalized spacial score (nSPS) is 19.9. The largest absolute Gasteiger partial charge is 0.480 e. The van der Waals surface area contributed by atoms with Crippen molar-refractivity contribution in [1.82, 2.24) is 30.1 Å². The van der Waals surface area contributed by atoms with E-state index in [1.54, 1.807) is 16.8 Å². The molecule has 0 aromatic carbocycles. The molecule has 6 rings (SSSR count). The van der Waals surface area contributed by atoms with Crippen molar-refractivity contribution in [1.29, 1.82) is 5.26 Å². The number of carboxylic acid groups (broad SMARTS) is 1. The fraction of sp³-hybridized carbons (Fsp3) is 0.433. The van der Waals surface area contributed by atoms with Crippen LogP contribution in [-0.4, -0.2) is 67.0 Å². The lowest BCUT2D eigenvalue weighted by atomic mass is 9.88. The predicted molar refractivity (Wildman–Crippen MR) is 163 cm³/mol. The van der Waals surface area contributed by atoms with Gasteiger partial charge in [0.15, 0.2) is 5.01 Å². The van der Waals surface area contributed by atoms with Gasteiger partial charge in [0.1, 0.15) is 11.5 Å². The van der Waals surface area contributed by atoms with Gasteiger partial charge in [0.2, 0.25) is 11.0 Å². The zero-order valence-electron chi connectivity index (χ0n) is 24.4. The molecule has 0 spiro atoms. The van der Waals surface area contributed by atoms with E-state index in [9.17, 15) is 20.0 Å². The summed E-state index contributed by atoms with van der Waals surface area (Å²) in [6.45, 7) is 8.47. The van der Waals surface area contributed by atoms with Gasteiger partial charge < -0.3 is 20.6 Å². The molecule has 1 saturated carbocycles. The highest BCUT2D eigenvalue weighted by atomic mass is 32.1. The van der Waals surface area contributed by atoms with Gasteiger partial charge in [-0.1, -0.05) is 11.3 Å². The number of carboxylic acids is 1. The number of rotatable bonds is 8.